The van der Waals surface area contributed by atoms with Crippen molar-refractivity contribution in [2.45, 2.75) is 6.92 Å². The van der Waals surface area contributed by atoms with E-state index in [4.69, 9.17) is 23.1 Å². The third-order valence-electron chi connectivity index (χ3n) is 3.32. The molecule has 1 aromatic heterocycles. The average Bonchev–Trinajstić information content (AvgIpc) is 2.49. The second-order valence-electron chi connectivity index (χ2n) is 5.03. The molecule has 2 aromatic carbocycles. The van der Waals surface area contributed by atoms with Crippen molar-refractivity contribution in [3.8, 4) is 11.3 Å². The van der Waals surface area contributed by atoms with Crippen LogP contribution >= 0.6 is 11.6 Å². The van der Waals surface area contributed by atoms with Gasteiger partial charge in [-0.1, -0.05) is 23.7 Å². The Morgan fingerprint density at radius 1 is 1.13 bits per heavy atom. The first-order chi connectivity index (χ1) is 10.9. The fraction of sp³-hybridized carbons (Fsp3) is 0.0625. The quantitative estimate of drug-likeness (QED) is 0.557. The number of nitrogens with two attached hydrogens (primary N) is 2. The minimum Gasteiger partial charge on any atom is -0.370 e. The smallest absolute Gasteiger partial charge is 0.253 e. The van der Waals surface area contributed by atoms with E-state index in [9.17, 15) is 4.39 Å². The van der Waals surface area contributed by atoms with Crippen LogP contribution in [0.4, 0.5) is 10.3 Å². The molecule has 4 N–H and O–H groups in total. The normalized spacial score (nSPS) is 10.7. The number of halogens is 2. The molecule has 0 saturated heterocycles. The maximum Gasteiger partial charge on any atom is 0.253 e. The SMILES string of the molecule is Cc1ccc(-c2nc(N=C(N)N)nc3ccc(Cl)cc23)cc1F. The van der Waals surface area contributed by atoms with Crippen molar-refractivity contribution in [1.82, 2.24) is 9.97 Å². The summed E-state index contributed by atoms with van der Waals surface area (Å²) in [6.45, 7) is 1.69. The molecule has 0 bridgehead atoms. The molecule has 0 amide bonds. The van der Waals surface area contributed by atoms with E-state index in [0.717, 1.165) is 0 Å². The lowest BCUT2D eigenvalue weighted by Gasteiger charge is -2.08. The molecule has 7 heteroatoms. The highest BCUT2D eigenvalue weighted by Gasteiger charge is 2.12. The lowest BCUT2D eigenvalue weighted by Crippen LogP contribution is -2.22. The van der Waals surface area contributed by atoms with Crippen molar-refractivity contribution >= 4 is 34.4 Å². The van der Waals surface area contributed by atoms with Crippen LogP contribution in [0.5, 0.6) is 0 Å². The van der Waals surface area contributed by atoms with Gasteiger partial charge in [-0.15, -0.1) is 0 Å². The van der Waals surface area contributed by atoms with E-state index in [2.05, 4.69) is 15.0 Å². The predicted octanol–water partition coefficient (Wildman–Crippen LogP) is 3.30. The highest BCUT2D eigenvalue weighted by Crippen LogP contribution is 2.30. The Labute approximate surface area is 136 Å². The predicted molar refractivity (Wildman–Crippen MR) is 90.1 cm³/mol. The largest absolute Gasteiger partial charge is 0.370 e. The van der Waals surface area contributed by atoms with Crippen molar-refractivity contribution in [3.05, 3.63) is 52.8 Å². The summed E-state index contributed by atoms with van der Waals surface area (Å²) < 4.78 is 13.9. The second kappa shape index (κ2) is 5.81. The van der Waals surface area contributed by atoms with Crippen LogP contribution < -0.4 is 11.5 Å². The Hall–Kier alpha value is -2.73. The van der Waals surface area contributed by atoms with Gasteiger partial charge >= 0.3 is 0 Å². The molecule has 1 heterocycles. The van der Waals surface area contributed by atoms with Crippen LogP contribution in [0.1, 0.15) is 5.56 Å². The molecule has 0 aliphatic carbocycles. The summed E-state index contributed by atoms with van der Waals surface area (Å²) in [5.41, 5.74) is 13.0. The minimum atomic E-state index is -0.320. The van der Waals surface area contributed by atoms with Gasteiger partial charge in [-0.3, -0.25) is 0 Å². The molecule has 0 aliphatic rings. The number of hydrogen-bond acceptors (Lipinski definition) is 3. The summed E-state index contributed by atoms with van der Waals surface area (Å²) in [5.74, 6) is -0.366. The van der Waals surface area contributed by atoms with Gasteiger partial charge in [0.15, 0.2) is 5.96 Å². The van der Waals surface area contributed by atoms with Crippen LogP contribution in [-0.4, -0.2) is 15.9 Å². The summed E-state index contributed by atoms with van der Waals surface area (Å²) in [6, 6.07) is 10.0. The van der Waals surface area contributed by atoms with E-state index in [0.29, 0.717) is 32.7 Å². The second-order valence-corrected chi connectivity index (χ2v) is 5.47. The summed E-state index contributed by atoms with van der Waals surface area (Å²) in [7, 11) is 0. The van der Waals surface area contributed by atoms with E-state index in [1.165, 1.54) is 6.07 Å². The van der Waals surface area contributed by atoms with E-state index >= 15 is 0 Å². The number of rotatable bonds is 2. The van der Waals surface area contributed by atoms with E-state index in [-0.39, 0.29) is 17.7 Å². The molecule has 0 aliphatic heterocycles. The number of benzene rings is 2. The van der Waals surface area contributed by atoms with Gasteiger partial charge in [-0.05, 0) is 36.8 Å². The fourth-order valence-corrected chi connectivity index (χ4v) is 2.39. The Balaban J connectivity index is 2.33. The number of fused-ring (bicyclic) bond motifs is 1. The van der Waals surface area contributed by atoms with Gasteiger partial charge in [0.05, 0.1) is 11.2 Å². The van der Waals surface area contributed by atoms with Crippen LogP contribution in [0, 0.1) is 12.7 Å². The lowest BCUT2D eigenvalue weighted by atomic mass is 10.0. The Kier molecular flexibility index (Phi) is 3.83. The first-order valence-corrected chi connectivity index (χ1v) is 7.15. The monoisotopic (exact) mass is 329 g/mol. The van der Waals surface area contributed by atoms with Gasteiger partial charge in [-0.25, -0.2) is 14.4 Å². The zero-order chi connectivity index (χ0) is 16.6. The molecular formula is C16H13ClFN5. The molecular weight excluding hydrogens is 317 g/mol. The van der Waals surface area contributed by atoms with Gasteiger partial charge in [0.1, 0.15) is 5.82 Å². The van der Waals surface area contributed by atoms with E-state index in [1.807, 2.05) is 0 Å². The van der Waals surface area contributed by atoms with Crippen LogP contribution in [0.2, 0.25) is 5.02 Å². The molecule has 0 atom stereocenters. The molecule has 0 spiro atoms. The summed E-state index contributed by atoms with van der Waals surface area (Å²) in [4.78, 5) is 12.5. The number of aliphatic imine (C=N–C) groups is 1. The lowest BCUT2D eigenvalue weighted by molar-refractivity contribution is 0.619. The molecule has 3 rings (SSSR count). The van der Waals surface area contributed by atoms with Gasteiger partial charge in [0.25, 0.3) is 5.95 Å². The van der Waals surface area contributed by atoms with Crippen molar-refractivity contribution in [3.63, 3.8) is 0 Å². The van der Waals surface area contributed by atoms with Crippen molar-refractivity contribution in [1.29, 1.82) is 0 Å². The third-order valence-corrected chi connectivity index (χ3v) is 3.56. The first kappa shape index (κ1) is 15.2. The summed E-state index contributed by atoms with van der Waals surface area (Å²) in [5, 5.41) is 1.22. The minimum absolute atomic E-state index is 0.107. The number of guanidine groups is 1. The van der Waals surface area contributed by atoms with Crippen LogP contribution in [0.25, 0.3) is 22.2 Å². The summed E-state index contributed by atoms with van der Waals surface area (Å²) in [6.07, 6.45) is 0. The molecule has 3 aromatic rings. The number of hydrogen-bond donors (Lipinski definition) is 2. The molecule has 0 unspecified atom stereocenters. The molecule has 23 heavy (non-hydrogen) atoms. The molecule has 5 nitrogen and oxygen atoms in total. The zero-order valence-corrected chi connectivity index (χ0v) is 13.0. The first-order valence-electron chi connectivity index (χ1n) is 6.77. The standard InChI is InChI=1S/C16H13ClFN5/c1-8-2-3-9(6-12(8)18)14-11-7-10(17)4-5-13(11)21-16(22-14)23-15(19)20/h2-7H,1H3,(H4,19,20,21,22,23). The topological polar surface area (TPSA) is 90.2 Å². The molecule has 0 saturated carbocycles. The number of aryl methyl sites for hydroxylation is 1. The molecule has 116 valence electrons. The fourth-order valence-electron chi connectivity index (χ4n) is 2.21. The van der Waals surface area contributed by atoms with Crippen LogP contribution in [0.15, 0.2) is 41.4 Å². The van der Waals surface area contributed by atoms with E-state index in [1.54, 1.807) is 37.3 Å². The highest BCUT2D eigenvalue weighted by molar-refractivity contribution is 6.31. The molecule has 0 fully saturated rings. The van der Waals surface area contributed by atoms with E-state index < -0.39 is 0 Å². The summed E-state index contributed by atoms with van der Waals surface area (Å²) >= 11 is 6.06. The van der Waals surface area contributed by atoms with Crippen LogP contribution in [-0.2, 0) is 0 Å². The van der Waals surface area contributed by atoms with Crippen molar-refractivity contribution < 1.29 is 4.39 Å². The number of aromatic nitrogens is 2. The van der Waals surface area contributed by atoms with Gasteiger partial charge in [0.2, 0.25) is 0 Å². The van der Waals surface area contributed by atoms with Crippen molar-refractivity contribution in [2.75, 3.05) is 0 Å². The average molecular weight is 330 g/mol. The number of nitrogens with zero attached hydrogens (tertiary/aromatic N) is 3. The van der Waals surface area contributed by atoms with Crippen molar-refractivity contribution in [2.24, 2.45) is 16.5 Å². The molecule has 0 radical (unpaired) electrons. The maximum atomic E-state index is 13.9. The highest BCUT2D eigenvalue weighted by atomic mass is 35.5. The van der Waals surface area contributed by atoms with Gasteiger partial charge in [-0.2, -0.15) is 4.99 Å². The van der Waals surface area contributed by atoms with Gasteiger partial charge in [0, 0.05) is 16.0 Å². The Morgan fingerprint density at radius 2 is 1.91 bits per heavy atom. The zero-order valence-electron chi connectivity index (χ0n) is 12.2. The Morgan fingerprint density at radius 3 is 2.61 bits per heavy atom. The van der Waals surface area contributed by atoms with Crippen LogP contribution in [0.3, 0.4) is 0 Å². The third kappa shape index (κ3) is 3.07. The maximum absolute atomic E-state index is 13.9. The van der Waals surface area contributed by atoms with Gasteiger partial charge < -0.3 is 11.5 Å². The Bertz CT molecular complexity index is 935.